The molecule has 0 N–H and O–H groups in total. The maximum atomic E-state index is 12.8. The first-order chi connectivity index (χ1) is 12.7. The molecule has 0 saturated carbocycles. The Bertz CT molecular complexity index is 1150. The molecule has 0 aliphatic carbocycles. The fraction of sp³-hybridized carbons (Fsp3) is 0.0952. The number of methoxy groups -OCH3 is 1. The molecule has 5 nitrogen and oxygen atoms in total. The molecule has 4 rings (SSSR count). The van der Waals surface area contributed by atoms with Crippen LogP contribution in [0.5, 0.6) is 5.75 Å². The molecule has 2 aromatic carbocycles. The van der Waals surface area contributed by atoms with Gasteiger partial charge in [-0.15, -0.1) is 0 Å². The Hall–Kier alpha value is -3.47. The van der Waals surface area contributed by atoms with Gasteiger partial charge in [-0.05, 0) is 53.9 Å². The van der Waals surface area contributed by atoms with Gasteiger partial charge >= 0.3 is 0 Å². The van der Waals surface area contributed by atoms with Crippen LogP contribution in [0.3, 0.4) is 0 Å². The van der Waals surface area contributed by atoms with Crippen LogP contribution >= 0.6 is 0 Å². The van der Waals surface area contributed by atoms with Crippen LogP contribution in [0, 0.1) is 6.92 Å². The monoisotopic (exact) mass is 343 g/mol. The number of aromatic nitrogens is 3. The summed E-state index contributed by atoms with van der Waals surface area (Å²) in [5.41, 5.74) is 2.96. The molecule has 0 bridgehead atoms. The summed E-state index contributed by atoms with van der Waals surface area (Å²) >= 11 is 0. The van der Waals surface area contributed by atoms with Crippen molar-refractivity contribution in [1.29, 1.82) is 0 Å². The second-order valence-electron chi connectivity index (χ2n) is 5.98. The molecule has 26 heavy (non-hydrogen) atoms. The van der Waals surface area contributed by atoms with Gasteiger partial charge in [0.25, 0.3) is 5.56 Å². The standard InChI is InChI=1S/C21H17N3O2/c1-14-17(6-5-7-19(14)26-2)15-9-10-18-16(12-15)13-23-24(21(18)25)20-8-3-4-11-22-20/h3-13H,1-2H3. The van der Waals surface area contributed by atoms with Crippen LogP contribution < -0.4 is 10.3 Å². The molecule has 0 atom stereocenters. The minimum Gasteiger partial charge on any atom is -0.496 e. The fourth-order valence-electron chi connectivity index (χ4n) is 3.11. The van der Waals surface area contributed by atoms with Crippen molar-refractivity contribution in [3.8, 4) is 22.7 Å². The van der Waals surface area contributed by atoms with Crippen LogP contribution in [-0.4, -0.2) is 21.9 Å². The Morgan fingerprint density at radius 2 is 1.92 bits per heavy atom. The van der Waals surface area contributed by atoms with E-state index in [0.717, 1.165) is 27.8 Å². The van der Waals surface area contributed by atoms with Crippen molar-refractivity contribution in [2.75, 3.05) is 7.11 Å². The first-order valence-electron chi connectivity index (χ1n) is 8.26. The number of benzene rings is 2. The third kappa shape index (κ3) is 2.63. The lowest BCUT2D eigenvalue weighted by atomic mass is 9.98. The van der Waals surface area contributed by atoms with E-state index in [1.807, 2.05) is 49.4 Å². The third-order valence-corrected chi connectivity index (χ3v) is 4.47. The SMILES string of the molecule is COc1cccc(-c2ccc3c(=O)n(-c4ccccn4)ncc3c2)c1C. The first-order valence-corrected chi connectivity index (χ1v) is 8.26. The molecule has 0 saturated heterocycles. The van der Waals surface area contributed by atoms with E-state index in [4.69, 9.17) is 4.74 Å². The van der Waals surface area contributed by atoms with Gasteiger partial charge in [-0.1, -0.05) is 24.3 Å². The van der Waals surface area contributed by atoms with E-state index >= 15 is 0 Å². The molecule has 5 heteroatoms. The zero-order valence-electron chi connectivity index (χ0n) is 14.5. The predicted molar refractivity (Wildman–Crippen MR) is 102 cm³/mol. The van der Waals surface area contributed by atoms with Crippen LogP contribution in [0.2, 0.25) is 0 Å². The van der Waals surface area contributed by atoms with Crippen LogP contribution in [-0.2, 0) is 0 Å². The van der Waals surface area contributed by atoms with E-state index in [0.29, 0.717) is 11.2 Å². The van der Waals surface area contributed by atoms with Crippen molar-refractivity contribution in [2.45, 2.75) is 6.92 Å². The molecule has 0 unspecified atom stereocenters. The van der Waals surface area contributed by atoms with Gasteiger partial charge in [0, 0.05) is 11.6 Å². The van der Waals surface area contributed by atoms with Gasteiger partial charge in [0.15, 0.2) is 5.82 Å². The number of nitrogens with zero attached hydrogens (tertiary/aromatic N) is 3. The Kier molecular flexibility index (Phi) is 3.97. The van der Waals surface area contributed by atoms with Gasteiger partial charge < -0.3 is 4.74 Å². The van der Waals surface area contributed by atoms with Crippen molar-refractivity contribution >= 4 is 10.8 Å². The minimum atomic E-state index is -0.185. The maximum Gasteiger partial charge on any atom is 0.280 e. The van der Waals surface area contributed by atoms with Gasteiger partial charge in [0.05, 0.1) is 18.7 Å². The summed E-state index contributed by atoms with van der Waals surface area (Å²) in [6, 6.07) is 17.1. The fourth-order valence-corrected chi connectivity index (χ4v) is 3.11. The van der Waals surface area contributed by atoms with E-state index in [-0.39, 0.29) is 5.56 Å². The quantitative estimate of drug-likeness (QED) is 0.568. The number of hydrogen-bond donors (Lipinski definition) is 0. The van der Waals surface area contributed by atoms with Crippen LogP contribution in [0.4, 0.5) is 0 Å². The summed E-state index contributed by atoms with van der Waals surface area (Å²) in [6.45, 7) is 2.02. The molecule has 2 heterocycles. The molecule has 0 aliphatic heterocycles. The average molecular weight is 343 g/mol. The summed E-state index contributed by atoms with van der Waals surface area (Å²) in [5, 5.41) is 5.68. The van der Waals surface area contributed by atoms with E-state index < -0.39 is 0 Å². The highest BCUT2D eigenvalue weighted by atomic mass is 16.5. The predicted octanol–water partition coefficient (Wildman–Crippen LogP) is 3.76. The molecule has 0 aliphatic rings. The number of pyridine rings is 1. The Morgan fingerprint density at radius 1 is 1.04 bits per heavy atom. The number of hydrogen-bond acceptors (Lipinski definition) is 4. The van der Waals surface area contributed by atoms with Crippen LogP contribution in [0.15, 0.2) is 71.8 Å². The number of ether oxygens (including phenoxy) is 1. The molecule has 4 aromatic rings. The number of rotatable bonds is 3. The van der Waals surface area contributed by atoms with E-state index in [2.05, 4.69) is 10.1 Å². The summed E-state index contributed by atoms with van der Waals surface area (Å²) in [5.74, 6) is 1.35. The summed E-state index contributed by atoms with van der Waals surface area (Å²) < 4.78 is 6.72. The average Bonchev–Trinajstić information content (AvgIpc) is 2.69. The van der Waals surface area contributed by atoms with Gasteiger partial charge in [0.1, 0.15) is 5.75 Å². The highest BCUT2D eigenvalue weighted by molar-refractivity contribution is 5.87. The van der Waals surface area contributed by atoms with E-state index in [9.17, 15) is 4.79 Å². The Labute approximate surface area is 150 Å². The molecule has 128 valence electrons. The second-order valence-corrected chi connectivity index (χ2v) is 5.98. The van der Waals surface area contributed by atoms with Crippen molar-refractivity contribution in [1.82, 2.24) is 14.8 Å². The lowest BCUT2D eigenvalue weighted by Gasteiger charge is -2.11. The molecule has 0 amide bonds. The second kappa shape index (κ2) is 6.44. The minimum absolute atomic E-state index is 0.185. The highest BCUT2D eigenvalue weighted by Crippen LogP contribution is 2.31. The smallest absolute Gasteiger partial charge is 0.280 e. The molecule has 0 spiro atoms. The van der Waals surface area contributed by atoms with Crippen molar-refractivity contribution in [3.63, 3.8) is 0 Å². The normalized spacial score (nSPS) is 10.8. The third-order valence-electron chi connectivity index (χ3n) is 4.47. The van der Waals surface area contributed by atoms with Crippen LogP contribution in [0.1, 0.15) is 5.56 Å². The summed E-state index contributed by atoms with van der Waals surface area (Å²) in [6.07, 6.45) is 3.34. The van der Waals surface area contributed by atoms with Gasteiger partial charge in [-0.2, -0.15) is 9.78 Å². The van der Waals surface area contributed by atoms with Crippen molar-refractivity contribution < 1.29 is 4.74 Å². The van der Waals surface area contributed by atoms with Crippen molar-refractivity contribution in [2.24, 2.45) is 0 Å². The molecule has 2 aromatic heterocycles. The van der Waals surface area contributed by atoms with Gasteiger partial charge in [0.2, 0.25) is 0 Å². The van der Waals surface area contributed by atoms with E-state index in [1.54, 1.807) is 31.6 Å². The van der Waals surface area contributed by atoms with Crippen molar-refractivity contribution in [3.05, 3.63) is 82.9 Å². The first kappa shape index (κ1) is 16.0. The zero-order valence-corrected chi connectivity index (χ0v) is 14.5. The number of fused-ring (bicyclic) bond motifs is 1. The Morgan fingerprint density at radius 3 is 2.69 bits per heavy atom. The van der Waals surface area contributed by atoms with Gasteiger partial charge in [-0.3, -0.25) is 4.79 Å². The van der Waals surface area contributed by atoms with Crippen LogP contribution in [0.25, 0.3) is 27.7 Å². The summed E-state index contributed by atoms with van der Waals surface area (Å²) in [4.78, 5) is 17.0. The van der Waals surface area contributed by atoms with E-state index in [1.165, 1.54) is 4.68 Å². The molecule has 0 radical (unpaired) electrons. The largest absolute Gasteiger partial charge is 0.496 e. The zero-order chi connectivity index (χ0) is 18.1. The maximum absolute atomic E-state index is 12.8. The topological polar surface area (TPSA) is 57.0 Å². The highest BCUT2D eigenvalue weighted by Gasteiger charge is 2.10. The summed E-state index contributed by atoms with van der Waals surface area (Å²) in [7, 11) is 1.66. The Balaban J connectivity index is 1.87. The molecular weight excluding hydrogens is 326 g/mol. The molecular formula is C21H17N3O2. The molecule has 0 fully saturated rings. The van der Waals surface area contributed by atoms with Gasteiger partial charge in [-0.25, -0.2) is 4.98 Å². The lowest BCUT2D eigenvalue weighted by Crippen LogP contribution is -2.21. The lowest BCUT2D eigenvalue weighted by molar-refractivity contribution is 0.412.